The van der Waals surface area contributed by atoms with Gasteiger partial charge in [0.1, 0.15) is 36.3 Å². The highest BCUT2D eigenvalue weighted by Crippen LogP contribution is 2.61. The predicted molar refractivity (Wildman–Crippen MR) is 205 cm³/mol. The zero-order valence-electron chi connectivity index (χ0n) is 31.3. The molecule has 328 valence electrons. The number of hydrogen-bond acceptors (Lipinski definition) is 19. The number of thioether (sulfide) groups is 1. The quantitative estimate of drug-likeness (QED) is 0.0437. The van der Waals surface area contributed by atoms with Crippen molar-refractivity contribution in [2.75, 3.05) is 37.8 Å². The van der Waals surface area contributed by atoms with E-state index in [9.17, 15) is 57.9 Å². The van der Waals surface area contributed by atoms with Gasteiger partial charge in [0.15, 0.2) is 17.7 Å². The number of phosphoric ester groups is 3. The first-order valence-corrected chi connectivity index (χ1v) is 22.8. The Morgan fingerprint density at radius 2 is 1.69 bits per heavy atom. The smallest absolute Gasteiger partial charge is 0.386 e. The highest BCUT2D eigenvalue weighted by molar-refractivity contribution is 8.13. The van der Waals surface area contributed by atoms with Gasteiger partial charge in [0, 0.05) is 30.7 Å². The summed E-state index contributed by atoms with van der Waals surface area (Å²) in [6.45, 7) is 0.376. The van der Waals surface area contributed by atoms with E-state index >= 15 is 0 Å². The van der Waals surface area contributed by atoms with Crippen LogP contribution in [0.1, 0.15) is 32.1 Å². The number of nitrogens with two attached hydrogens (primary N) is 2. The molecule has 1 aliphatic heterocycles. The standard InChI is InChI=1S/C30H45N8O17P3S/c1-30(2,24(41)27(42)34-9-8-20(39)33-10-11-59-29(43)18(31)12-17-6-4-3-5-7-17)14-52-58(49,50)55-57(47,48)51-13-19-23(54-56(44,45)46)22(40)28(53-19)38-16-37-21-25(32)35-15-36-26(21)38/h3-7,15-16,18-19,22-24,28,40-41H,8-14,31H2,1-2H3,(H,33,39)(H,34,42)(H,47,48)(H,49,50)(H2,32,35,36)(H2,44,45,46)/t18-,19?,22?,23?,24?,28?/m0/s1. The molecule has 25 nitrogen and oxygen atoms in total. The zero-order chi connectivity index (χ0) is 43.8. The van der Waals surface area contributed by atoms with E-state index in [0.29, 0.717) is 6.42 Å². The van der Waals surface area contributed by atoms with Crippen molar-refractivity contribution in [1.82, 2.24) is 30.2 Å². The second-order valence-corrected chi connectivity index (χ2v) is 18.9. The van der Waals surface area contributed by atoms with Gasteiger partial charge in [-0.1, -0.05) is 55.9 Å². The Balaban J connectivity index is 1.20. The van der Waals surface area contributed by atoms with Crippen molar-refractivity contribution in [1.29, 1.82) is 0 Å². The molecule has 1 aromatic carbocycles. The molecule has 2 aromatic heterocycles. The molecule has 7 unspecified atom stereocenters. The molecule has 0 bridgehead atoms. The molecule has 1 saturated heterocycles. The number of aromatic nitrogens is 4. The lowest BCUT2D eigenvalue weighted by Crippen LogP contribution is -2.46. The highest BCUT2D eigenvalue weighted by atomic mass is 32.2. The van der Waals surface area contributed by atoms with E-state index in [0.717, 1.165) is 34.5 Å². The van der Waals surface area contributed by atoms with Crippen LogP contribution in [-0.4, -0.2) is 129 Å². The monoisotopic (exact) mass is 914 g/mol. The summed E-state index contributed by atoms with van der Waals surface area (Å²) in [6, 6.07) is 8.54. The second-order valence-electron chi connectivity index (χ2n) is 13.5. The van der Waals surface area contributed by atoms with E-state index in [4.69, 9.17) is 25.3 Å². The minimum atomic E-state index is -5.58. The lowest BCUT2D eigenvalue weighted by atomic mass is 9.87. The number of fused-ring (bicyclic) bond motifs is 1. The van der Waals surface area contributed by atoms with Crippen molar-refractivity contribution in [3.05, 3.63) is 48.5 Å². The van der Waals surface area contributed by atoms with Gasteiger partial charge in [0.05, 0.1) is 25.6 Å². The Hall–Kier alpha value is -3.26. The molecule has 0 spiro atoms. The number of carbonyl (C=O) groups is 3. The summed E-state index contributed by atoms with van der Waals surface area (Å²) in [5.74, 6) is -1.25. The third-order valence-corrected chi connectivity index (χ3v) is 12.4. The van der Waals surface area contributed by atoms with Crippen molar-refractivity contribution in [2.24, 2.45) is 11.1 Å². The summed E-state index contributed by atoms with van der Waals surface area (Å²) in [7, 11) is -16.4. The Morgan fingerprint density at radius 3 is 2.37 bits per heavy atom. The Morgan fingerprint density at radius 1 is 1.02 bits per heavy atom. The molecule has 8 atom stereocenters. The summed E-state index contributed by atoms with van der Waals surface area (Å²) in [6.07, 6.45) is -6.62. The minimum absolute atomic E-state index is 0.0268. The number of rotatable bonds is 22. The van der Waals surface area contributed by atoms with Crippen molar-refractivity contribution in [3.63, 3.8) is 0 Å². The van der Waals surface area contributed by atoms with Crippen LogP contribution < -0.4 is 22.1 Å². The predicted octanol–water partition coefficient (Wildman–Crippen LogP) is -0.765. The topological polar surface area (TPSA) is 390 Å². The fourth-order valence-corrected chi connectivity index (χ4v) is 8.87. The van der Waals surface area contributed by atoms with Crippen molar-refractivity contribution in [3.8, 4) is 0 Å². The normalized spacial score (nSPS) is 21.6. The van der Waals surface area contributed by atoms with Gasteiger partial charge in [-0.05, 0) is 12.0 Å². The van der Waals surface area contributed by atoms with Crippen LogP contribution in [0.5, 0.6) is 0 Å². The van der Waals surface area contributed by atoms with Crippen LogP contribution in [0.2, 0.25) is 0 Å². The summed E-state index contributed by atoms with van der Waals surface area (Å²) in [5, 5.41) is 26.2. The molecular weight excluding hydrogens is 869 g/mol. The number of nitrogens with zero attached hydrogens (tertiary/aromatic N) is 4. The minimum Gasteiger partial charge on any atom is -0.386 e. The molecule has 1 aliphatic rings. The van der Waals surface area contributed by atoms with Gasteiger partial charge in [-0.15, -0.1) is 0 Å². The molecule has 0 radical (unpaired) electrons. The Bertz CT molecular complexity index is 2080. The molecule has 0 saturated carbocycles. The molecule has 4 rings (SSSR count). The highest BCUT2D eigenvalue weighted by Gasteiger charge is 2.50. The molecule has 59 heavy (non-hydrogen) atoms. The lowest BCUT2D eigenvalue weighted by Gasteiger charge is -2.30. The Labute approximate surface area is 340 Å². The van der Waals surface area contributed by atoms with Crippen LogP contribution in [-0.2, 0) is 57.1 Å². The molecular formula is C30H45N8O17P3S. The average Bonchev–Trinajstić information content (AvgIpc) is 3.71. The molecule has 3 heterocycles. The van der Waals surface area contributed by atoms with Crippen LogP contribution >= 0.6 is 35.2 Å². The fraction of sp³-hybridized carbons (Fsp3) is 0.533. The van der Waals surface area contributed by atoms with E-state index in [1.54, 1.807) is 0 Å². The van der Waals surface area contributed by atoms with Crippen molar-refractivity contribution < 1.29 is 80.5 Å². The van der Waals surface area contributed by atoms with Crippen molar-refractivity contribution >= 4 is 69.1 Å². The third-order valence-electron chi connectivity index (χ3n) is 8.35. The van der Waals surface area contributed by atoms with Crippen LogP contribution in [0.15, 0.2) is 43.0 Å². The molecule has 12 N–H and O–H groups in total. The van der Waals surface area contributed by atoms with Crippen LogP contribution in [0, 0.1) is 5.41 Å². The van der Waals surface area contributed by atoms with E-state index in [-0.39, 0.29) is 47.4 Å². The number of carbonyl (C=O) groups excluding carboxylic acids is 3. The zero-order valence-corrected chi connectivity index (χ0v) is 34.8. The summed E-state index contributed by atoms with van der Waals surface area (Å²) < 4.78 is 62.2. The van der Waals surface area contributed by atoms with Gasteiger partial charge < -0.3 is 56.6 Å². The van der Waals surface area contributed by atoms with Crippen LogP contribution in [0.3, 0.4) is 0 Å². The number of hydrogen-bond donors (Lipinski definition) is 10. The van der Waals surface area contributed by atoms with Gasteiger partial charge >= 0.3 is 23.5 Å². The summed E-state index contributed by atoms with van der Waals surface area (Å²) >= 11 is 0.973. The molecule has 3 aromatic rings. The average molecular weight is 915 g/mol. The SMILES string of the molecule is CC(C)(COP(=O)(O)OP(=O)(O)OCC1OC(n2cnc3c(N)ncnc32)C(O)C1OP(=O)(O)O)C(O)C(=O)NCCC(=O)NCCSC(=O)[C@@H](N)Cc1ccccc1. The van der Waals surface area contributed by atoms with Gasteiger partial charge in [-0.3, -0.25) is 32.5 Å². The number of benzene rings is 1. The summed E-state index contributed by atoms with van der Waals surface area (Å²) in [4.78, 5) is 88.1. The maximum absolute atomic E-state index is 12.7. The number of nitrogen functional groups attached to an aromatic ring is 1. The number of phosphoric acid groups is 3. The second kappa shape index (κ2) is 20.5. The largest absolute Gasteiger partial charge is 0.481 e. The van der Waals surface area contributed by atoms with Crippen LogP contribution in [0.4, 0.5) is 5.82 Å². The number of aliphatic hydroxyl groups excluding tert-OH is 2. The van der Waals surface area contributed by atoms with Crippen LogP contribution in [0.25, 0.3) is 11.2 Å². The van der Waals surface area contributed by atoms with Gasteiger partial charge in [0.25, 0.3) is 0 Å². The number of nitrogens with one attached hydrogen (secondary N) is 2. The fourth-order valence-electron chi connectivity index (χ4n) is 5.34. The number of imidazole rings is 1. The maximum Gasteiger partial charge on any atom is 0.481 e. The van der Waals surface area contributed by atoms with Crippen molar-refractivity contribution in [2.45, 2.75) is 63.4 Å². The first-order valence-electron chi connectivity index (χ1n) is 17.3. The molecule has 2 amide bonds. The van der Waals surface area contributed by atoms with E-state index in [1.165, 1.54) is 13.8 Å². The summed E-state index contributed by atoms with van der Waals surface area (Å²) in [5.41, 5.74) is 11.1. The van der Waals surface area contributed by atoms with Gasteiger partial charge in [0.2, 0.25) is 16.9 Å². The lowest BCUT2D eigenvalue weighted by molar-refractivity contribution is -0.137. The van der Waals surface area contributed by atoms with Gasteiger partial charge in [-0.25, -0.2) is 28.6 Å². The Kier molecular flexibility index (Phi) is 16.8. The molecule has 0 aliphatic carbocycles. The maximum atomic E-state index is 12.7. The van der Waals surface area contributed by atoms with E-state index < -0.39 is 90.6 Å². The molecule has 29 heteroatoms. The molecule has 1 fully saturated rings. The van der Waals surface area contributed by atoms with E-state index in [1.807, 2.05) is 30.3 Å². The van der Waals surface area contributed by atoms with Gasteiger partial charge in [-0.2, -0.15) is 4.31 Å². The first kappa shape index (κ1) is 48.4. The number of amides is 2. The first-order chi connectivity index (χ1) is 27.5. The van der Waals surface area contributed by atoms with E-state index in [2.05, 4.69) is 34.4 Å². The number of ether oxygens (including phenoxy) is 1. The third kappa shape index (κ3) is 14.4. The number of anilines is 1. The number of aliphatic hydroxyl groups is 2.